The Morgan fingerprint density at radius 2 is 1.96 bits per heavy atom. The van der Waals surface area contributed by atoms with Crippen LogP contribution in [0.1, 0.15) is 12.0 Å². The summed E-state index contributed by atoms with van der Waals surface area (Å²) in [4.78, 5) is 0. The Labute approximate surface area is 154 Å². The minimum atomic E-state index is 0.583. The van der Waals surface area contributed by atoms with Crippen LogP contribution in [0.15, 0.2) is 53.9 Å². The molecule has 25 heavy (non-hydrogen) atoms. The quantitative estimate of drug-likeness (QED) is 0.635. The van der Waals surface area contributed by atoms with Gasteiger partial charge < -0.3 is 9.47 Å². The zero-order valence-electron chi connectivity index (χ0n) is 13.4. The predicted octanol–water partition coefficient (Wildman–Crippen LogP) is 4.37. The Bertz CT molecular complexity index is 870. The number of rotatable bonds is 4. The molecule has 2 aromatic carbocycles. The van der Waals surface area contributed by atoms with Crippen molar-refractivity contribution in [1.82, 2.24) is 14.8 Å². The molecule has 0 atom stereocenters. The van der Waals surface area contributed by atoms with Crippen molar-refractivity contribution in [3.05, 3.63) is 59.4 Å². The van der Waals surface area contributed by atoms with Crippen molar-refractivity contribution < 1.29 is 9.47 Å². The second kappa shape index (κ2) is 7.37. The van der Waals surface area contributed by atoms with E-state index in [0.717, 1.165) is 22.8 Å². The summed E-state index contributed by atoms with van der Waals surface area (Å²) in [6.07, 6.45) is 2.58. The van der Waals surface area contributed by atoms with Gasteiger partial charge in [0.15, 0.2) is 16.7 Å². The lowest BCUT2D eigenvalue weighted by Crippen LogP contribution is -1.97. The van der Waals surface area contributed by atoms with Crippen molar-refractivity contribution in [1.29, 1.82) is 0 Å². The van der Waals surface area contributed by atoms with E-state index in [-0.39, 0.29) is 0 Å². The molecule has 0 aliphatic carbocycles. The van der Waals surface area contributed by atoms with Gasteiger partial charge in [-0.3, -0.25) is 4.57 Å². The zero-order valence-corrected chi connectivity index (χ0v) is 15.0. The number of thioether (sulfide) groups is 1. The molecule has 0 radical (unpaired) electrons. The smallest absolute Gasteiger partial charge is 0.195 e. The number of para-hydroxylation sites is 1. The van der Waals surface area contributed by atoms with Crippen LogP contribution >= 0.6 is 23.4 Å². The molecule has 0 N–H and O–H groups in total. The molecule has 3 aromatic rings. The van der Waals surface area contributed by atoms with E-state index in [9.17, 15) is 0 Å². The van der Waals surface area contributed by atoms with E-state index in [1.807, 2.05) is 47.0 Å². The molecule has 4 rings (SSSR count). The number of nitrogens with zero attached hydrogens (tertiary/aromatic N) is 3. The molecule has 0 saturated heterocycles. The van der Waals surface area contributed by atoms with E-state index in [0.29, 0.717) is 35.5 Å². The number of benzene rings is 2. The molecule has 2 heterocycles. The number of ether oxygens (including phenoxy) is 2. The summed E-state index contributed by atoms with van der Waals surface area (Å²) < 4.78 is 13.4. The van der Waals surface area contributed by atoms with Gasteiger partial charge in [0, 0.05) is 17.9 Å². The van der Waals surface area contributed by atoms with Crippen molar-refractivity contribution in [3.8, 4) is 17.2 Å². The van der Waals surface area contributed by atoms with Crippen molar-refractivity contribution in [2.75, 3.05) is 13.2 Å². The van der Waals surface area contributed by atoms with Crippen LogP contribution in [0.3, 0.4) is 0 Å². The molecule has 0 unspecified atom stereocenters. The van der Waals surface area contributed by atoms with Crippen LogP contribution < -0.4 is 9.47 Å². The molecular weight excluding hydrogens is 358 g/mol. The fourth-order valence-corrected chi connectivity index (χ4v) is 3.75. The fourth-order valence-electron chi connectivity index (χ4n) is 2.60. The average Bonchev–Trinajstić information content (AvgIpc) is 2.98. The van der Waals surface area contributed by atoms with Crippen LogP contribution in [-0.2, 0) is 5.75 Å². The molecule has 0 fully saturated rings. The van der Waals surface area contributed by atoms with Crippen molar-refractivity contribution in [2.24, 2.45) is 0 Å². The van der Waals surface area contributed by atoms with Gasteiger partial charge >= 0.3 is 0 Å². The van der Waals surface area contributed by atoms with Crippen molar-refractivity contribution >= 4 is 23.4 Å². The van der Waals surface area contributed by atoms with E-state index in [2.05, 4.69) is 10.2 Å². The maximum Gasteiger partial charge on any atom is 0.195 e. The van der Waals surface area contributed by atoms with Crippen LogP contribution in [-0.4, -0.2) is 28.0 Å². The summed E-state index contributed by atoms with van der Waals surface area (Å²) >= 11 is 7.96. The molecule has 0 saturated carbocycles. The van der Waals surface area contributed by atoms with Crippen LogP contribution in [0.2, 0.25) is 5.02 Å². The van der Waals surface area contributed by atoms with Gasteiger partial charge in [0.25, 0.3) is 0 Å². The minimum absolute atomic E-state index is 0.583. The van der Waals surface area contributed by atoms with Gasteiger partial charge in [-0.1, -0.05) is 41.6 Å². The van der Waals surface area contributed by atoms with Gasteiger partial charge in [0.05, 0.1) is 18.2 Å². The molecule has 0 bridgehead atoms. The molecule has 128 valence electrons. The molecular formula is C18H16ClN3O2S. The Kier molecular flexibility index (Phi) is 4.81. The Morgan fingerprint density at radius 1 is 1.12 bits per heavy atom. The van der Waals surface area contributed by atoms with Gasteiger partial charge in [-0.15, -0.1) is 10.2 Å². The predicted molar refractivity (Wildman–Crippen MR) is 98.0 cm³/mol. The Balaban J connectivity index is 1.54. The van der Waals surface area contributed by atoms with Gasteiger partial charge in [0.2, 0.25) is 0 Å². The highest BCUT2D eigenvalue weighted by atomic mass is 35.5. The maximum absolute atomic E-state index is 6.36. The van der Waals surface area contributed by atoms with Crippen molar-refractivity contribution in [3.63, 3.8) is 0 Å². The Hall–Kier alpha value is -2.18. The highest BCUT2D eigenvalue weighted by Crippen LogP contribution is 2.39. The summed E-state index contributed by atoms with van der Waals surface area (Å²) in [5.74, 6) is 2.06. The van der Waals surface area contributed by atoms with Gasteiger partial charge in [-0.05, 0) is 29.8 Å². The first-order chi connectivity index (χ1) is 12.3. The van der Waals surface area contributed by atoms with Gasteiger partial charge in [-0.2, -0.15) is 0 Å². The first-order valence-corrected chi connectivity index (χ1v) is 9.34. The highest BCUT2D eigenvalue weighted by molar-refractivity contribution is 7.98. The zero-order chi connectivity index (χ0) is 17.1. The number of hydrogen-bond donors (Lipinski definition) is 0. The molecule has 1 aliphatic heterocycles. The van der Waals surface area contributed by atoms with Gasteiger partial charge in [-0.25, -0.2) is 0 Å². The van der Waals surface area contributed by atoms with Crippen LogP contribution in [0.25, 0.3) is 5.69 Å². The minimum Gasteiger partial charge on any atom is -0.489 e. The Morgan fingerprint density at radius 3 is 2.84 bits per heavy atom. The van der Waals surface area contributed by atoms with Crippen LogP contribution in [0, 0.1) is 0 Å². The molecule has 5 nitrogen and oxygen atoms in total. The average molecular weight is 374 g/mol. The molecule has 1 aliphatic rings. The maximum atomic E-state index is 6.36. The van der Waals surface area contributed by atoms with Crippen LogP contribution in [0.5, 0.6) is 11.5 Å². The summed E-state index contributed by atoms with van der Waals surface area (Å²) in [7, 11) is 0. The van der Waals surface area contributed by atoms with Crippen molar-refractivity contribution in [2.45, 2.75) is 17.3 Å². The topological polar surface area (TPSA) is 49.2 Å². The third kappa shape index (κ3) is 3.60. The lowest BCUT2D eigenvalue weighted by Gasteiger charge is -2.11. The number of hydrogen-bond acceptors (Lipinski definition) is 5. The number of aromatic nitrogens is 3. The SMILES string of the molecule is Clc1cc(CSc2nncn2-c2ccccc2)cc2c1OCCCO2. The normalized spacial score (nSPS) is 13.5. The second-order valence-electron chi connectivity index (χ2n) is 5.56. The van der Waals surface area contributed by atoms with E-state index in [1.54, 1.807) is 18.1 Å². The first kappa shape index (κ1) is 16.3. The third-order valence-corrected chi connectivity index (χ3v) is 5.08. The fraction of sp³-hybridized carbons (Fsp3) is 0.222. The summed E-state index contributed by atoms with van der Waals surface area (Å²) in [5, 5.41) is 9.66. The van der Waals surface area contributed by atoms with E-state index in [4.69, 9.17) is 21.1 Å². The molecule has 7 heteroatoms. The third-order valence-electron chi connectivity index (χ3n) is 3.78. The summed E-state index contributed by atoms with van der Waals surface area (Å²) in [6.45, 7) is 1.27. The number of halogens is 1. The van der Waals surface area contributed by atoms with E-state index >= 15 is 0 Å². The lowest BCUT2D eigenvalue weighted by atomic mass is 10.2. The number of fused-ring (bicyclic) bond motifs is 1. The lowest BCUT2D eigenvalue weighted by molar-refractivity contribution is 0.297. The highest BCUT2D eigenvalue weighted by Gasteiger charge is 2.16. The monoisotopic (exact) mass is 373 g/mol. The summed E-state index contributed by atoms with van der Waals surface area (Å²) in [5.41, 5.74) is 2.09. The largest absolute Gasteiger partial charge is 0.489 e. The summed E-state index contributed by atoms with van der Waals surface area (Å²) in [6, 6.07) is 13.9. The molecule has 0 spiro atoms. The molecule has 1 aromatic heterocycles. The second-order valence-corrected chi connectivity index (χ2v) is 6.91. The van der Waals surface area contributed by atoms with Gasteiger partial charge in [0.1, 0.15) is 6.33 Å². The van der Waals surface area contributed by atoms with E-state index < -0.39 is 0 Å². The first-order valence-electron chi connectivity index (χ1n) is 7.97. The molecule has 0 amide bonds. The van der Waals surface area contributed by atoms with E-state index in [1.165, 1.54) is 0 Å². The standard InChI is InChI=1S/C18H16ClN3O2S/c19-15-9-13(10-16-17(15)24-8-4-7-23-16)11-25-18-21-20-12-22(18)14-5-2-1-3-6-14/h1-3,5-6,9-10,12H,4,7-8,11H2. The van der Waals surface area contributed by atoms with Crippen LogP contribution in [0.4, 0.5) is 0 Å².